The first-order valence-corrected chi connectivity index (χ1v) is 9.33. The second kappa shape index (κ2) is 7.93. The van der Waals surface area contributed by atoms with Gasteiger partial charge in [-0.05, 0) is 42.3 Å². The summed E-state index contributed by atoms with van der Waals surface area (Å²) in [5.74, 6) is 0.00524. The highest BCUT2D eigenvalue weighted by molar-refractivity contribution is 9.10. The van der Waals surface area contributed by atoms with E-state index in [-0.39, 0.29) is 11.6 Å². The standard InChI is InChI=1S/C18H19BrN6O3/c1-11-4-6-14(7-5-11)9-23-10-15(19)17(22-23)21-18(26)13(3)24-12(2)16(8-20-24)25(27)28/h4-8,10,13H,9H2,1-3H3,(H,21,22,26). The molecule has 0 saturated carbocycles. The summed E-state index contributed by atoms with van der Waals surface area (Å²) in [5.41, 5.74) is 2.47. The van der Waals surface area contributed by atoms with Gasteiger partial charge in [0.15, 0.2) is 5.82 Å². The van der Waals surface area contributed by atoms with E-state index in [1.165, 1.54) is 10.2 Å². The number of benzene rings is 1. The van der Waals surface area contributed by atoms with Gasteiger partial charge in [0, 0.05) is 6.20 Å². The topological polar surface area (TPSA) is 108 Å². The first kappa shape index (κ1) is 19.7. The molecule has 9 nitrogen and oxygen atoms in total. The Morgan fingerprint density at radius 1 is 1.32 bits per heavy atom. The van der Waals surface area contributed by atoms with Crippen molar-refractivity contribution in [3.05, 3.63) is 68.1 Å². The molecule has 2 heterocycles. The quantitative estimate of drug-likeness (QED) is 0.459. The Morgan fingerprint density at radius 2 is 2.00 bits per heavy atom. The summed E-state index contributed by atoms with van der Waals surface area (Å²) in [5, 5.41) is 22.1. The molecule has 0 saturated heterocycles. The summed E-state index contributed by atoms with van der Waals surface area (Å²) in [4.78, 5) is 23.0. The molecule has 28 heavy (non-hydrogen) atoms. The third kappa shape index (κ3) is 4.11. The molecule has 0 bridgehead atoms. The maximum atomic E-state index is 12.6. The monoisotopic (exact) mass is 446 g/mol. The van der Waals surface area contributed by atoms with Crippen molar-refractivity contribution in [1.82, 2.24) is 19.6 Å². The Labute approximate surface area is 169 Å². The number of aryl methyl sites for hydroxylation is 1. The molecule has 0 aliphatic carbocycles. The fraction of sp³-hybridized carbons (Fsp3) is 0.278. The van der Waals surface area contributed by atoms with E-state index < -0.39 is 11.0 Å². The van der Waals surface area contributed by atoms with Crippen LogP contribution in [-0.4, -0.2) is 30.4 Å². The lowest BCUT2D eigenvalue weighted by molar-refractivity contribution is -0.385. The molecule has 0 spiro atoms. The molecule has 1 amide bonds. The minimum absolute atomic E-state index is 0.122. The van der Waals surface area contributed by atoms with Crippen LogP contribution in [0.1, 0.15) is 29.8 Å². The fourth-order valence-electron chi connectivity index (χ4n) is 2.76. The number of halogens is 1. The van der Waals surface area contributed by atoms with Crippen LogP contribution in [0.5, 0.6) is 0 Å². The van der Waals surface area contributed by atoms with Gasteiger partial charge in [-0.15, -0.1) is 0 Å². The highest BCUT2D eigenvalue weighted by atomic mass is 79.9. The highest BCUT2D eigenvalue weighted by Crippen LogP contribution is 2.24. The molecule has 2 aromatic heterocycles. The average Bonchev–Trinajstić information content (AvgIpc) is 3.19. The molecule has 0 fully saturated rings. The SMILES string of the molecule is Cc1ccc(Cn2cc(Br)c(NC(=O)C(C)n3ncc([N+](=O)[O-])c3C)n2)cc1. The molecular weight excluding hydrogens is 428 g/mol. The normalized spacial score (nSPS) is 12.0. The van der Waals surface area contributed by atoms with Gasteiger partial charge in [-0.25, -0.2) is 0 Å². The number of nitro groups is 1. The smallest absolute Gasteiger partial charge is 0.306 e. The van der Waals surface area contributed by atoms with Crippen molar-refractivity contribution in [2.24, 2.45) is 0 Å². The molecule has 0 radical (unpaired) electrons. The predicted octanol–water partition coefficient (Wildman–Crippen LogP) is 3.62. The third-order valence-electron chi connectivity index (χ3n) is 4.39. The van der Waals surface area contributed by atoms with E-state index in [1.807, 2.05) is 31.2 Å². The van der Waals surface area contributed by atoms with E-state index in [0.717, 1.165) is 11.8 Å². The predicted molar refractivity (Wildman–Crippen MR) is 107 cm³/mol. The third-order valence-corrected chi connectivity index (χ3v) is 4.97. The molecule has 3 aromatic rings. The molecule has 0 aliphatic rings. The van der Waals surface area contributed by atoms with Crippen LogP contribution in [0.2, 0.25) is 0 Å². The van der Waals surface area contributed by atoms with E-state index in [2.05, 4.69) is 31.4 Å². The Balaban J connectivity index is 1.72. The van der Waals surface area contributed by atoms with Gasteiger partial charge in [-0.2, -0.15) is 10.2 Å². The average molecular weight is 447 g/mol. The zero-order valence-electron chi connectivity index (χ0n) is 15.6. The number of carbonyl (C=O) groups is 1. The van der Waals surface area contributed by atoms with E-state index in [9.17, 15) is 14.9 Å². The van der Waals surface area contributed by atoms with Crippen molar-refractivity contribution in [3.8, 4) is 0 Å². The maximum absolute atomic E-state index is 12.6. The van der Waals surface area contributed by atoms with Gasteiger partial charge in [-0.3, -0.25) is 24.3 Å². The number of amides is 1. The van der Waals surface area contributed by atoms with Crippen LogP contribution in [0.4, 0.5) is 11.5 Å². The van der Waals surface area contributed by atoms with Crippen LogP contribution in [0, 0.1) is 24.0 Å². The van der Waals surface area contributed by atoms with Crippen molar-refractivity contribution in [3.63, 3.8) is 0 Å². The largest absolute Gasteiger partial charge is 0.309 e. The van der Waals surface area contributed by atoms with Crippen LogP contribution in [0.25, 0.3) is 0 Å². The summed E-state index contributed by atoms with van der Waals surface area (Å²) in [6, 6.07) is 7.38. The van der Waals surface area contributed by atoms with Crippen LogP contribution in [0.15, 0.2) is 41.1 Å². The number of rotatable bonds is 6. The summed E-state index contributed by atoms with van der Waals surface area (Å²) in [6.45, 7) is 5.77. The van der Waals surface area contributed by atoms with Gasteiger partial charge in [0.25, 0.3) is 0 Å². The molecule has 146 valence electrons. The van der Waals surface area contributed by atoms with Crippen LogP contribution >= 0.6 is 15.9 Å². The second-order valence-electron chi connectivity index (χ2n) is 6.49. The van der Waals surface area contributed by atoms with E-state index in [4.69, 9.17) is 0 Å². The van der Waals surface area contributed by atoms with Crippen molar-refractivity contribution in [2.75, 3.05) is 5.32 Å². The molecular formula is C18H19BrN6O3. The van der Waals surface area contributed by atoms with Crippen molar-refractivity contribution in [2.45, 2.75) is 33.4 Å². The van der Waals surface area contributed by atoms with Crippen LogP contribution in [-0.2, 0) is 11.3 Å². The number of carbonyl (C=O) groups excluding carboxylic acids is 1. The highest BCUT2D eigenvalue weighted by Gasteiger charge is 2.24. The molecule has 3 rings (SSSR count). The van der Waals surface area contributed by atoms with Gasteiger partial charge >= 0.3 is 5.69 Å². The Kier molecular flexibility index (Phi) is 5.59. The molecule has 10 heteroatoms. The van der Waals surface area contributed by atoms with Crippen molar-refractivity contribution in [1.29, 1.82) is 0 Å². The lowest BCUT2D eigenvalue weighted by Gasteiger charge is -2.13. The molecule has 0 aliphatic heterocycles. The van der Waals surface area contributed by atoms with Gasteiger partial charge in [-0.1, -0.05) is 29.8 Å². The minimum Gasteiger partial charge on any atom is -0.306 e. The summed E-state index contributed by atoms with van der Waals surface area (Å²) in [7, 11) is 0. The number of nitrogens with zero attached hydrogens (tertiary/aromatic N) is 5. The first-order valence-electron chi connectivity index (χ1n) is 8.54. The van der Waals surface area contributed by atoms with Crippen LogP contribution < -0.4 is 5.32 Å². The van der Waals surface area contributed by atoms with Gasteiger partial charge in [0.05, 0.1) is 15.9 Å². The van der Waals surface area contributed by atoms with E-state index in [0.29, 0.717) is 22.5 Å². The van der Waals surface area contributed by atoms with Gasteiger partial charge in [0.2, 0.25) is 5.91 Å². The number of nitrogens with one attached hydrogen (secondary N) is 1. The van der Waals surface area contributed by atoms with E-state index in [1.54, 1.807) is 24.7 Å². The lowest BCUT2D eigenvalue weighted by atomic mass is 10.1. The minimum atomic E-state index is -0.733. The first-order chi connectivity index (χ1) is 13.3. The molecule has 1 aromatic carbocycles. The van der Waals surface area contributed by atoms with Crippen LogP contribution in [0.3, 0.4) is 0 Å². The summed E-state index contributed by atoms with van der Waals surface area (Å²) < 4.78 is 3.69. The fourth-order valence-corrected chi connectivity index (χ4v) is 3.17. The lowest BCUT2D eigenvalue weighted by Crippen LogP contribution is -2.25. The van der Waals surface area contributed by atoms with Gasteiger partial charge in [0.1, 0.15) is 17.9 Å². The Bertz CT molecular complexity index is 1020. The zero-order chi connectivity index (χ0) is 20.4. The Hall–Kier alpha value is -3.01. The number of hydrogen-bond donors (Lipinski definition) is 1. The van der Waals surface area contributed by atoms with Gasteiger partial charge < -0.3 is 5.32 Å². The number of hydrogen-bond acceptors (Lipinski definition) is 5. The van der Waals surface area contributed by atoms with Crippen molar-refractivity contribution < 1.29 is 9.72 Å². The second-order valence-corrected chi connectivity index (χ2v) is 7.35. The zero-order valence-corrected chi connectivity index (χ0v) is 17.2. The maximum Gasteiger partial charge on any atom is 0.309 e. The summed E-state index contributed by atoms with van der Waals surface area (Å²) >= 11 is 3.40. The van der Waals surface area contributed by atoms with Crippen molar-refractivity contribution >= 4 is 33.3 Å². The molecule has 1 atom stereocenters. The molecule has 1 unspecified atom stereocenters. The number of anilines is 1. The number of aromatic nitrogens is 4. The summed E-state index contributed by atoms with van der Waals surface area (Å²) in [6.07, 6.45) is 2.93. The Morgan fingerprint density at radius 3 is 2.61 bits per heavy atom. The molecule has 1 N–H and O–H groups in total. The van der Waals surface area contributed by atoms with E-state index >= 15 is 0 Å².